The highest BCUT2D eigenvalue weighted by atomic mass is 32.2. The van der Waals surface area contributed by atoms with E-state index in [1.807, 2.05) is 48.5 Å². The molecule has 1 unspecified atom stereocenters. The summed E-state index contributed by atoms with van der Waals surface area (Å²) in [7, 11) is 0. The van der Waals surface area contributed by atoms with Crippen LogP contribution in [0.3, 0.4) is 0 Å². The SMILES string of the molecule is CC(Sc1ccccn1)C(=O)N/N=C/c1c(O)ccc2ccccc12. The zero-order valence-corrected chi connectivity index (χ0v) is 14.4. The highest BCUT2D eigenvalue weighted by molar-refractivity contribution is 8.00. The van der Waals surface area contributed by atoms with Crippen LogP contribution in [-0.2, 0) is 4.79 Å². The summed E-state index contributed by atoms with van der Waals surface area (Å²) in [6, 6.07) is 16.7. The monoisotopic (exact) mass is 351 g/mol. The average molecular weight is 351 g/mol. The van der Waals surface area contributed by atoms with Gasteiger partial charge in [-0.2, -0.15) is 5.10 Å². The van der Waals surface area contributed by atoms with E-state index in [4.69, 9.17) is 0 Å². The molecule has 0 fully saturated rings. The number of aromatic hydroxyl groups is 1. The van der Waals surface area contributed by atoms with Gasteiger partial charge in [0.1, 0.15) is 5.75 Å². The standard InChI is InChI=1S/C19H17N3O2S/c1-13(25-18-8-4-5-11-20-18)19(24)22-21-12-16-15-7-3-2-6-14(15)9-10-17(16)23/h2-13,23H,1H3,(H,22,24)/b21-12+. The Balaban J connectivity index is 1.69. The lowest BCUT2D eigenvalue weighted by Crippen LogP contribution is -2.26. The first-order valence-electron chi connectivity index (χ1n) is 7.76. The first kappa shape index (κ1) is 17.0. The summed E-state index contributed by atoms with van der Waals surface area (Å²) in [6.45, 7) is 1.79. The van der Waals surface area contributed by atoms with Crippen LogP contribution in [0.25, 0.3) is 10.8 Å². The summed E-state index contributed by atoms with van der Waals surface area (Å²) in [6.07, 6.45) is 3.15. The van der Waals surface area contributed by atoms with Crippen LogP contribution in [-0.4, -0.2) is 27.5 Å². The molecule has 1 heterocycles. The van der Waals surface area contributed by atoms with Crippen LogP contribution >= 0.6 is 11.8 Å². The van der Waals surface area contributed by atoms with Crippen LogP contribution in [0.1, 0.15) is 12.5 Å². The van der Waals surface area contributed by atoms with Crippen LogP contribution < -0.4 is 5.43 Å². The van der Waals surface area contributed by atoms with E-state index >= 15 is 0 Å². The predicted molar refractivity (Wildman–Crippen MR) is 101 cm³/mol. The van der Waals surface area contributed by atoms with Gasteiger partial charge in [0.05, 0.1) is 16.5 Å². The lowest BCUT2D eigenvalue weighted by Gasteiger charge is -2.08. The van der Waals surface area contributed by atoms with Crippen molar-refractivity contribution in [2.45, 2.75) is 17.2 Å². The van der Waals surface area contributed by atoms with Gasteiger partial charge in [-0.1, -0.05) is 48.2 Å². The van der Waals surface area contributed by atoms with Gasteiger partial charge in [-0.3, -0.25) is 4.79 Å². The molecule has 0 aliphatic carbocycles. The number of aromatic nitrogens is 1. The molecule has 6 heteroatoms. The van der Waals surface area contributed by atoms with Crippen molar-refractivity contribution in [3.8, 4) is 5.75 Å². The van der Waals surface area contributed by atoms with Gasteiger partial charge >= 0.3 is 0 Å². The minimum absolute atomic E-state index is 0.118. The Labute approximate surface area is 149 Å². The Morgan fingerprint density at radius 3 is 2.80 bits per heavy atom. The van der Waals surface area contributed by atoms with Crippen molar-refractivity contribution in [1.82, 2.24) is 10.4 Å². The largest absolute Gasteiger partial charge is 0.507 e. The molecule has 5 nitrogen and oxygen atoms in total. The number of carbonyl (C=O) groups is 1. The number of fused-ring (bicyclic) bond motifs is 1. The molecule has 0 bridgehead atoms. The second kappa shape index (κ2) is 7.81. The van der Waals surface area contributed by atoms with Gasteiger partial charge in [-0.05, 0) is 35.9 Å². The van der Waals surface area contributed by atoms with Crippen molar-refractivity contribution >= 4 is 34.7 Å². The van der Waals surface area contributed by atoms with Gasteiger partial charge in [-0.15, -0.1) is 0 Å². The Hall–Kier alpha value is -2.86. The molecule has 0 spiro atoms. The molecule has 1 aromatic heterocycles. The maximum absolute atomic E-state index is 12.2. The molecule has 0 aliphatic rings. The summed E-state index contributed by atoms with van der Waals surface area (Å²) in [4.78, 5) is 16.3. The third kappa shape index (κ3) is 4.16. The molecule has 0 radical (unpaired) electrons. The quantitative estimate of drug-likeness (QED) is 0.419. The molecule has 25 heavy (non-hydrogen) atoms. The number of amides is 1. The van der Waals surface area contributed by atoms with Crippen molar-refractivity contribution in [2.75, 3.05) is 0 Å². The van der Waals surface area contributed by atoms with E-state index in [1.54, 1.807) is 19.2 Å². The lowest BCUT2D eigenvalue weighted by atomic mass is 10.0. The molecule has 2 aromatic carbocycles. The highest BCUT2D eigenvalue weighted by Crippen LogP contribution is 2.25. The number of nitrogens with zero attached hydrogens (tertiary/aromatic N) is 2. The van der Waals surface area contributed by atoms with Crippen molar-refractivity contribution in [3.63, 3.8) is 0 Å². The molecular weight excluding hydrogens is 334 g/mol. The van der Waals surface area contributed by atoms with E-state index in [0.29, 0.717) is 5.56 Å². The fourth-order valence-corrected chi connectivity index (χ4v) is 3.12. The van der Waals surface area contributed by atoms with Gasteiger partial charge in [0.2, 0.25) is 0 Å². The number of rotatable bonds is 5. The predicted octanol–water partition coefficient (Wildman–Crippen LogP) is 3.57. The number of hydrogen-bond donors (Lipinski definition) is 2. The fraction of sp³-hybridized carbons (Fsp3) is 0.105. The third-order valence-electron chi connectivity index (χ3n) is 3.62. The number of hydrazone groups is 1. The second-order valence-corrected chi connectivity index (χ2v) is 6.74. The Morgan fingerprint density at radius 1 is 1.20 bits per heavy atom. The van der Waals surface area contributed by atoms with Crippen molar-refractivity contribution in [3.05, 3.63) is 66.4 Å². The van der Waals surface area contributed by atoms with Crippen molar-refractivity contribution in [1.29, 1.82) is 0 Å². The maximum atomic E-state index is 12.2. The second-order valence-electron chi connectivity index (χ2n) is 5.38. The van der Waals surface area contributed by atoms with Crippen LogP contribution in [0.15, 0.2) is 70.9 Å². The first-order chi connectivity index (χ1) is 12.1. The number of pyridine rings is 1. The van der Waals surface area contributed by atoms with E-state index in [-0.39, 0.29) is 16.9 Å². The number of hydrogen-bond acceptors (Lipinski definition) is 5. The molecule has 3 rings (SSSR count). The van der Waals surface area contributed by atoms with Gasteiger partial charge in [-0.25, -0.2) is 10.4 Å². The lowest BCUT2D eigenvalue weighted by molar-refractivity contribution is -0.120. The van der Waals surface area contributed by atoms with Gasteiger partial charge in [0, 0.05) is 11.8 Å². The summed E-state index contributed by atoms with van der Waals surface area (Å²) in [5, 5.41) is 16.4. The van der Waals surface area contributed by atoms with E-state index in [1.165, 1.54) is 18.0 Å². The Morgan fingerprint density at radius 2 is 2.00 bits per heavy atom. The summed E-state index contributed by atoms with van der Waals surface area (Å²) in [5.74, 6) is -0.112. The molecule has 0 aliphatic heterocycles. The normalized spacial score (nSPS) is 12.4. The van der Waals surface area contributed by atoms with E-state index in [9.17, 15) is 9.90 Å². The molecule has 0 saturated heterocycles. The Bertz CT molecular complexity index is 913. The smallest absolute Gasteiger partial charge is 0.253 e. The topological polar surface area (TPSA) is 74.6 Å². The zero-order valence-electron chi connectivity index (χ0n) is 13.6. The molecule has 126 valence electrons. The number of carbonyl (C=O) groups excluding carboxylic acids is 1. The molecule has 3 aromatic rings. The number of benzene rings is 2. The van der Waals surface area contributed by atoms with E-state index in [2.05, 4.69) is 15.5 Å². The summed E-state index contributed by atoms with van der Waals surface area (Å²) >= 11 is 1.36. The van der Waals surface area contributed by atoms with Crippen molar-refractivity contribution in [2.24, 2.45) is 5.10 Å². The van der Waals surface area contributed by atoms with Crippen LogP contribution in [0.4, 0.5) is 0 Å². The first-order valence-corrected chi connectivity index (χ1v) is 8.64. The third-order valence-corrected chi connectivity index (χ3v) is 4.67. The molecule has 1 amide bonds. The van der Waals surface area contributed by atoms with Crippen LogP contribution in [0.2, 0.25) is 0 Å². The van der Waals surface area contributed by atoms with E-state index in [0.717, 1.165) is 15.8 Å². The zero-order chi connectivity index (χ0) is 17.6. The molecule has 2 N–H and O–H groups in total. The van der Waals surface area contributed by atoms with Crippen LogP contribution in [0.5, 0.6) is 5.75 Å². The minimum atomic E-state index is -0.340. The summed E-state index contributed by atoms with van der Waals surface area (Å²) < 4.78 is 0. The number of phenolic OH excluding ortho intramolecular Hbond substituents is 1. The maximum Gasteiger partial charge on any atom is 0.253 e. The fourth-order valence-electron chi connectivity index (χ4n) is 2.32. The molecule has 0 saturated carbocycles. The molecule has 1 atom stereocenters. The van der Waals surface area contributed by atoms with E-state index < -0.39 is 0 Å². The van der Waals surface area contributed by atoms with Gasteiger partial charge in [0.15, 0.2) is 0 Å². The summed E-state index contributed by atoms with van der Waals surface area (Å²) in [5.41, 5.74) is 3.09. The van der Waals surface area contributed by atoms with Gasteiger partial charge in [0.25, 0.3) is 5.91 Å². The average Bonchev–Trinajstić information content (AvgIpc) is 2.64. The minimum Gasteiger partial charge on any atom is -0.507 e. The number of thioether (sulfide) groups is 1. The van der Waals surface area contributed by atoms with Crippen molar-refractivity contribution < 1.29 is 9.90 Å². The van der Waals surface area contributed by atoms with Gasteiger partial charge < -0.3 is 5.11 Å². The Kier molecular flexibility index (Phi) is 5.30. The molecular formula is C19H17N3O2S. The number of nitrogens with one attached hydrogen (secondary N) is 1. The van der Waals surface area contributed by atoms with Crippen LogP contribution in [0, 0.1) is 0 Å². The number of phenols is 1. The highest BCUT2D eigenvalue weighted by Gasteiger charge is 2.14.